The second-order valence-electron chi connectivity index (χ2n) is 10.7. The molecule has 2 aromatic heterocycles. The number of aromatic carboxylic acids is 1. The fourth-order valence-electron chi connectivity index (χ4n) is 6.18. The summed E-state index contributed by atoms with van der Waals surface area (Å²) in [6, 6.07) is 18.7. The van der Waals surface area contributed by atoms with Gasteiger partial charge in [-0.15, -0.1) is 0 Å². The molecule has 0 saturated heterocycles. The van der Waals surface area contributed by atoms with Gasteiger partial charge in [0.1, 0.15) is 11.4 Å². The van der Waals surface area contributed by atoms with Crippen molar-refractivity contribution in [1.29, 1.82) is 0 Å². The summed E-state index contributed by atoms with van der Waals surface area (Å²) in [5, 5.41) is 18.4. The molecule has 0 fully saturated rings. The van der Waals surface area contributed by atoms with Crippen LogP contribution in [-0.2, 0) is 31.4 Å². The molecule has 0 aliphatic carbocycles. The molecule has 0 atom stereocenters. The van der Waals surface area contributed by atoms with E-state index in [0.717, 1.165) is 68.3 Å². The lowest BCUT2D eigenvalue weighted by Gasteiger charge is -2.12. The van der Waals surface area contributed by atoms with E-state index in [1.807, 2.05) is 41.4 Å². The van der Waals surface area contributed by atoms with Crippen LogP contribution in [0.1, 0.15) is 52.3 Å². The number of carbonyl (C=O) groups is 1. The van der Waals surface area contributed by atoms with Crippen LogP contribution < -0.4 is 4.74 Å². The minimum absolute atomic E-state index is 0.381. The van der Waals surface area contributed by atoms with E-state index in [0.29, 0.717) is 44.9 Å². The summed E-state index contributed by atoms with van der Waals surface area (Å²) in [4.78, 5) is 12.8. The number of hydrogen-bond donors (Lipinski definition) is 1. The quantitative estimate of drug-likeness (QED) is 0.240. The second kappa shape index (κ2) is 10.8. The molecule has 5 aromatic rings. The number of para-hydroxylation sites is 1. The van der Waals surface area contributed by atoms with Crippen LogP contribution in [0.3, 0.4) is 0 Å². The zero-order valence-electron chi connectivity index (χ0n) is 23.4. The summed E-state index contributed by atoms with van der Waals surface area (Å²) < 4.78 is 16.2. The van der Waals surface area contributed by atoms with Crippen LogP contribution in [0.15, 0.2) is 54.6 Å². The topological polar surface area (TPSA) is 78.5 Å². The average Bonchev–Trinajstić information content (AvgIpc) is 3.39. The monoisotopic (exact) mass is 537 g/mol. The molecule has 0 bridgehead atoms. The standard InChI is InChI=1S/C33H35N3O4/c1-21-14-15-23-9-6-13-29(27(23)19-21)40-18-8-12-25-24-10-7-11-26-30-22(2)34-35(3)28(30)20-39-17-5-4-16-36(31(24)26)32(25)33(37)38/h6-7,9-11,13-15,19H,4-5,8,12,16-18,20H2,1-3H3,(H,37,38). The molecule has 40 heavy (non-hydrogen) atoms. The number of fused-ring (bicyclic) bond motifs is 3. The van der Waals surface area contributed by atoms with E-state index in [4.69, 9.17) is 14.6 Å². The molecule has 0 radical (unpaired) electrons. The summed E-state index contributed by atoms with van der Waals surface area (Å²) >= 11 is 0. The highest BCUT2D eigenvalue weighted by Crippen LogP contribution is 2.39. The molecule has 3 aromatic carbocycles. The van der Waals surface area contributed by atoms with E-state index >= 15 is 0 Å². The number of carboxylic acid groups (broad SMARTS) is 1. The van der Waals surface area contributed by atoms with Gasteiger partial charge in [-0.2, -0.15) is 5.10 Å². The maximum absolute atomic E-state index is 12.8. The van der Waals surface area contributed by atoms with Crippen molar-refractivity contribution in [2.24, 2.45) is 7.05 Å². The minimum Gasteiger partial charge on any atom is -0.493 e. The highest BCUT2D eigenvalue weighted by atomic mass is 16.5. The molecule has 1 N–H and O–H groups in total. The van der Waals surface area contributed by atoms with Crippen LogP contribution in [0.2, 0.25) is 0 Å². The fraction of sp³-hybridized carbons (Fsp3) is 0.333. The summed E-state index contributed by atoms with van der Waals surface area (Å²) in [7, 11) is 1.94. The third-order valence-electron chi connectivity index (χ3n) is 7.99. The Balaban J connectivity index is 1.38. The molecule has 1 aliphatic heterocycles. The maximum atomic E-state index is 12.8. The lowest BCUT2D eigenvalue weighted by molar-refractivity contribution is 0.0683. The van der Waals surface area contributed by atoms with Gasteiger partial charge in [-0.1, -0.05) is 48.0 Å². The fourth-order valence-corrected chi connectivity index (χ4v) is 6.18. The molecule has 6 rings (SSSR count). The molecule has 0 spiro atoms. The Kier molecular flexibility index (Phi) is 7.07. The van der Waals surface area contributed by atoms with Crippen LogP contribution in [-0.4, -0.2) is 38.6 Å². The Morgan fingerprint density at radius 3 is 2.77 bits per heavy atom. The van der Waals surface area contributed by atoms with Gasteiger partial charge in [0, 0.05) is 42.1 Å². The van der Waals surface area contributed by atoms with Crippen molar-refractivity contribution in [1.82, 2.24) is 14.3 Å². The lowest BCUT2D eigenvalue weighted by atomic mass is 9.98. The predicted molar refractivity (Wildman–Crippen MR) is 157 cm³/mol. The largest absolute Gasteiger partial charge is 0.493 e. The van der Waals surface area contributed by atoms with Crippen molar-refractivity contribution in [3.8, 4) is 16.9 Å². The molecule has 1 aliphatic rings. The summed E-state index contributed by atoms with van der Waals surface area (Å²) in [6.45, 7) is 6.33. The van der Waals surface area contributed by atoms with Crippen LogP contribution in [0.25, 0.3) is 32.8 Å². The molecule has 206 valence electrons. The van der Waals surface area contributed by atoms with Crippen molar-refractivity contribution in [2.75, 3.05) is 13.2 Å². The Morgan fingerprint density at radius 1 is 1.07 bits per heavy atom. The first kappa shape index (κ1) is 26.1. The third kappa shape index (κ3) is 4.64. The Morgan fingerprint density at radius 2 is 1.93 bits per heavy atom. The Bertz CT molecular complexity index is 1730. The zero-order chi connectivity index (χ0) is 27.8. The Labute approximate surface area is 233 Å². The van der Waals surface area contributed by atoms with Crippen LogP contribution >= 0.6 is 0 Å². The highest BCUT2D eigenvalue weighted by molar-refractivity contribution is 6.04. The number of aryl methyl sites for hydroxylation is 5. The normalized spacial score (nSPS) is 13.8. The van der Waals surface area contributed by atoms with Crippen LogP contribution in [0.4, 0.5) is 0 Å². The van der Waals surface area contributed by atoms with Gasteiger partial charge in [-0.25, -0.2) is 4.79 Å². The molecule has 7 heteroatoms. The van der Waals surface area contributed by atoms with Gasteiger partial charge >= 0.3 is 5.97 Å². The molecule has 7 nitrogen and oxygen atoms in total. The molecular weight excluding hydrogens is 502 g/mol. The van der Waals surface area contributed by atoms with Crippen molar-refractivity contribution in [3.05, 3.63) is 82.8 Å². The number of hydrogen-bond acceptors (Lipinski definition) is 4. The summed E-state index contributed by atoms with van der Waals surface area (Å²) in [6.07, 6.45) is 3.02. The number of benzene rings is 3. The SMILES string of the molecule is Cc1ccc2cccc(OCCCc3c(C(=O)O)n4c5c(cccc35)-c3c(C)nn(C)c3COCCCC4)c2c1. The lowest BCUT2D eigenvalue weighted by Crippen LogP contribution is -2.12. The maximum Gasteiger partial charge on any atom is 0.352 e. The highest BCUT2D eigenvalue weighted by Gasteiger charge is 2.27. The third-order valence-corrected chi connectivity index (χ3v) is 7.99. The van der Waals surface area contributed by atoms with E-state index in [-0.39, 0.29) is 0 Å². The van der Waals surface area contributed by atoms with Gasteiger partial charge < -0.3 is 19.1 Å². The first-order chi connectivity index (χ1) is 19.4. The van der Waals surface area contributed by atoms with Gasteiger partial charge in [0.2, 0.25) is 0 Å². The van der Waals surface area contributed by atoms with E-state index in [9.17, 15) is 9.90 Å². The molecular formula is C33H35N3O4. The van der Waals surface area contributed by atoms with Gasteiger partial charge in [0.15, 0.2) is 0 Å². The van der Waals surface area contributed by atoms with Crippen molar-refractivity contribution < 1.29 is 19.4 Å². The minimum atomic E-state index is -0.892. The van der Waals surface area contributed by atoms with Gasteiger partial charge in [-0.05, 0) is 62.6 Å². The first-order valence-corrected chi connectivity index (χ1v) is 14.0. The van der Waals surface area contributed by atoms with E-state index in [1.165, 1.54) is 5.56 Å². The zero-order valence-corrected chi connectivity index (χ0v) is 23.4. The number of rotatable bonds is 6. The van der Waals surface area contributed by atoms with E-state index < -0.39 is 5.97 Å². The number of ether oxygens (including phenoxy) is 2. The molecule has 0 saturated carbocycles. The second-order valence-corrected chi connectivity index (χ2v) is 10.7. The summed E-state index contributed by atoms with van der Waals surface area (Å²) in [5.41, 5.74) is 7.39. The average molecular weight is 538 g/mol. The van der Waals surface area contributed by atoms with Crippen LogP contribution in [0, 0.1) is 13.8 Å². The van der Waals surface area contributed by atoms with E-state index in [1.54, 1.807) is 0 Å². The molecule has 0 amide bonds. The summed E-state index contributed by atoms with van der Waals surface area (Å²) in [5.74, 6) is -0.0301. The van der Waals surface area contributed by atoms with Gasteiger partial charge in [-0.3, -0.25) is 4.68 Å². The predicted octanol–water partition coefficient (Wildman–Crippen LogP) is 6.83. The first-order valence-electron chi connectivity index (χ1n) is 14.0. The van der Waals surface area contributed by atoms with Crippen molar-refractivity contribution >= 4 is 27.6 Å². The van der Waals surface area contributed by atoms with Crippen LogP contribution in [0.5, 0.6) is 5.75 Å². The van der Waals surface area contributed by atoms with Crippen molar-refractivity contribution in [2.45, 2.75) is 52.7 Å². The number of nitrogens with zero attached hydrogens (tertiary/aromatic N) is 3. The molecule has 0 unspecified atom stereocenters. The Hall–Kier alpha value is -4.10. The molecule has 3 heterocycles. The number of carboxylic acids is 1. The van der Waals surface area contributed by atoms with E-state index in [2.05, 4.69) is 43.3 Å². The van der Waals surface area contributed by atoms with Gasteiger partial charge in [0.05, 0.1) is 30.1 Å². The van der Waals surface area contributed by atoms with Crippen molar-refractivity contribution in [3.63, 3.8) is 0 Å². The number of aromatic nitrogens is 3. The van der Waals surface area contributed by atoms with Gasteiger partial charge in [0.25, 0.3) is 0 Å². The smallest absolute Gasteiger partial charge is 0.352 e.